The largest absolute Gasteiger partial charge is 0.468 e. The molecular formula is C6H12N2O2. The second-order valence-corrected chi connectivity index (χ2v) is 2.00. The van der Waals surface area contributed by atoms with E-state index in [1.807, 2.05) is 14.1 Å². The smallest absolute Gasteiger partial charge is 0.327 e. The topological polar surface area (TPSA) is 41.9 Å². The van der Waals surface area contributed by atoms with Crippen molar-refractivity contribution < 1.29 is 9.53 Å². The van der Waals surface area contributed by atoms with Crippen LogP contribution in [0.4, 0.5) is 0 Å². The Morgan fingerprint density at radius 2 is 2.30 bits per heavy atom. The van der Waals surface area contributed by atoms with E-state index in [0.29, 0.717) is 0 Å². The number of ether oxygens (including phenoxy) is 1. The standard InChI is InChI=1S/C6H12N2O2/c1-8(2)5-7-4-6(9)10-3/h5H,4H2,1-3H3. The second kappa shape index (κ2) is 4.78. The van der Waals surface area contributed by atoms with Crippen LogP contribution in [0.2, 0.25) is 0 Å². The predicted octanol–water partition coefficient (Wildman–Crippen LogP) is -0.251. The van der Waals surface area contributed by atoms with Crippen molar-refractivity contribution >= 4 is 12.3 Å². The lowest BCUT2D eigenvalue weighted by Crippen LogP contribution is -2.11. The van der Waals surface area contributed by atoms with Crippen molar-refractivity contribution in [2.75, 3.05) is 27.7 Å². The fourth-order valence-electron chi connectivity index (χ4n) is 0.343. The van der Waals surface area contributed by atoms with Crippen LogP contribution in [-0.4, -0.2) is 45.0 Å². The number of nitrogens with zero attached hydrogens (tertiary/aromatic N) is 2. The molecule has 0 N–H and O–H groups in total. The van der Waals surface area contributed by atoms with E-state index in [-0.39, 0.29) is 12.5 Å². The van der Waals surface area contributed by atoms with Gasteiger partial charge in [-0.25, -0.2) is 0 Å². The molecule has 0 saturated carbocycles. The molecule has 58 valence electrons. The maximum atomic E-state index is 10.4. The van der Waals surface area contributed by atoms with Crippen LogP contribution in [-0.2, 0) is 9.53 Å². The van der Waals surface area contributed by atoms with E-state index in [1.54, 1.807) is 11.2 Å². The highest BCUT2D eigenvalue weighted by Crippen LogP contribution is 1.75. The second-order valence-electron chi connectivity index (χ2n) is 2.00. The van der Waals surface area contributed by atoms with E-state index in [4.69, 9.17) is 0 Å². The van der Waals surface area contributed by atoms with E-state index >= 15 is 0 Å². The van der Waals surface area contributed by atoms with E-state index in [0.717, 1.165) is 0 Å². The summed E-state index contributed by atoms with van der Waals surface area (Å²) in [5.74, 6) is -0.321. The van der Waals surface area contributed by atoms with Crippen molar-refractivity contribution in [1.82, 2.24) is 4.90 Å². The number of carbonyl (C=O) groups excluding carboxylic acids is 1. The molecule has 0 unspecified atom stereocenters. The van der Waals surface area contributed by atoms with Gasteiger partial charge in [-0.2, -0.15) is 0 Å². The highest BCUT2D eigenvalue weighted by Gasteiger charge is 1.93. The Balaban J connectivity index is 3.43. The molecule has 0 rings (SSSR count). The van der Waals surface area contributed by atoms with Crippen LogP contribution in [0.1, 0.15) is 0 Å². The number of carbonyl (C=O) groups is 1. The minimum atomic E-state index is -0.321. The molecule has 0 aliphatic carbocycles. The molecule has 4 heteroatoms. The molecule has 0 heterocycles. The van der Waals surface area contributed by atoms with Gasteiger partial charge in [0.05, 0.1) is 13.4 Å². The van der Waals surface area contributed by atoms with Crippen LogP contribution in [0.25, 0.3) is 0 Å². The maximum absolute atomic E-state index is 10.4. The summed E-state index contributed by atoms with van der Waals surface area (Å²) in [7, 11) is 5.01. The number of esters is 1. The molecule has 0 amide bonds. The van der Waals surface area contributed by atoms with Crippen LogP contribution in [0.5, 0.6) is 0 Å². The van der Waals surface area contributed by atoms with Gasteiger partial charge in [0.25, 0.3) is 0 Å². The summed E-state index contributed by atoms with van der Waals surface area (Å²) >= 11 is 0. The first-order valence-corrected chi connectivity index (χ1v) is 2.90. The minimum Gasteiger partial charge on any atom is -0.468 e. The van der Waals surface area contributed by atoms with Gasteiger partial charge in [0.2, 0.25) is 0 Å². The highest BCUT2D eigenvalue weighted by molar-refractivity contribution is 5.73. The van der Waals surface area contributed by atoms with E-state index in [2.05, 4.69) is 9.73 Å². The molecular weight excluding hydrogens is 132 g/mol. The van der Waals surface area contributed by atoms with Crippen molar-refractivity contribution in [2.45, 2.75) is 0 Å². The third-order valence-electron chi connectivity index (χ3n) is 0.761. The lowest BCUT2D eigenvalue weighted by molar-refractivity contribution is -0.138. The summed E-state index contributed by atoms with van der Waals surface area (Å²) in [6, 6.07) is 0. The number of hydrogen-bond acceptors (Lipinski definition) is 3. The van der Waals surface area contributed by atoms with E-state index < -0.39 is 0 Å². The number of aliphatic imine (C=N–C) groups is 1. The van der Waals surface area contributed by atoms with Gasteiger partial charge < -0.3 is 9.64 Å². The Labute approximate surface area is 60.5 Å². The normalized spacial score (nSPS) is 9.90. The molecule has 10 heavy (non-hydrogen) atoms. The van der Waals surface area contributed by atoms with Gasteiger partial charge in [0, 0.05) is 14.1 Å². The van der Waals surface area contributed by atoms with Gasteiger partial charge in [-0.15, -0.1) is 0 Å². The van der Waals surface area contributed by atoms with Crippen molar-refractivity contribution in [3.63, 3.8) is 0 Å². The van der Waals surface area contributed by atoms with E-state index in [1.165, 1.54) is 7.11 Å². The van der Waals surface area contributed by atoms with Crippen molar-refractivity contribution in [1.29, 1.82) is 0 Å². The van der Waals surface area contributed by atoms with Gasteiger partial charge in [0.1, 0.15) is 6.54 Å². The van der Waals surface area contributed by atoms with Gasteiger partial charge in [-0.05, 0) is 0 Å². The number of methoxy groups -OCH3 is 1. The van der Waals surface area contributed by atoms with Crippen molar-refractivity contribution in [3.8, 4) is 0 Å². The number of rotatable bonds is 3. The number of hydrogen-bond donors (Lipinski definition) is 0. The zero-order chi connectivity index (χ0) is 7.98. The Kier molecular flexibility index (Phi) is 4.28. The lowest BCUT2D eigenvalue weighted by atomic mass is 10.7. The molecule has 0 aromatic heterocycles. The fraction of sp³-hybridized carbons (Fsp3) is 0.667. The zero-order valence-corrected chi connectivity index (χ0v) is 6.50. The third kappa shape index (κ3) is 5.08. The summed E-state index contributed by atoms with van der Waals surface area (Å²) < 4.78 is 4.36. The van der Waals surface area contributed by atoms with Crippen LogP contribution < -0.4 is 0 Å². The van der Waals surface area contributed by atoms with Crippen LogP contribution in [0.3, 0.4) is 0 Å². The molecule has 0 bridgehead atoms. The summed E-state index contributed by atoms with van der Waals surface area (Å²) in [6.45, 7) is 0.0919. The molecule has 0 aliphatic rings. The van der Waals surface area contributed by atoms with E-state index in [9.17, 15) is 4.79 Å². The average Bonchev–Trinajstić information content (AvgIpc) is 1.87. The van der Waals surface area contributed by atoms with Gasteiger partial charge in [-0.3, -0.25) is 9.79 Å². The molecule has 0 spiro atoms. The van der Waals surface area contributed by atoms with Crippen molar-refractivity contribution in [2.24, 2.45) is 4.99 Å². The predicted molar refractivity (Wildman–Crippen MR) is 39.1 cm³/mol. The Bertz CT molecular complexity index is 132. The average molecular weight is 144 g/mol. The minimum absolute atomic E-state index is 0.0919. The summed E-state index contributed by atoms with van der Waals surface area (Å²) in [6.07, 6.45) is 1.57. The summed E-state index contributed by atoms with van der Waals surface area (Å²) in [5.41, 5.74) is 0. The zero-order valence-electron chi connectivity index (χ0n) is 6.50. The monoisotopic (exact) mass is 144 g/mol. The van der Waals surface area contributed by atoms with Crippen LogP contribution >= 0.6 is 0 Å². The Hall–Kier alpha value is -1.06. The molecule has 0 radical (unpaired) electrons. The van der Waals surface area contributed by atoms with Crippen molar-refractivity contribution in [3.05, 3.63) is 0 Å². The molecule has 0 aliphatic heterocycles. The SMILES string of the molecule is COC(=O)CN=CN(C)C. The first kappa shape index (κ1) is 8.94. The summed E-state index contributed by atoms with van der Waals surface area (Å²) in [5, 5.41) is 0. The van der Waals surface area contributed by atoms with Gasteiger partial charge in [0.15, 0.2) is 0 Å². The maximum Gasteiger partial charge on any atom is 0.327 e. The summed E-state index contributed by atoms with van der Waals surface area (Å²) in [4.78, 5) is 16.0. The van der Waals surface area contributed by atoms with Gasteiger partial charge >= 0.3 is 5.97 Å². The Morgan fingerprint density at radius 3 is 2.70 bits per heavy atom. The Morgan fingerprint density at radius 1 is 1.70 bits per heavy atom. The molecule has 0 saturated heterocycles. The lowest BCUT2D eigenvalue weighted by Gasteiger charge is -2.00. The molecule has 0 fully saturated rings. The van der Waals surface area contributed by atoms with Crippen LogP contribution in [0, 0.1) is 0 Å². The fourth-order valence-corrected chi connectivity index (χ4v) is 0.343. The molecule has 0 atom stereocenters. The molecule has 0 aromatic rings. The first-order valence-electron chi connectivity index (χ1n) is 2.90. The molecule has 4 nitrogen and oxygen atoms in total. The highest BCUT2D eigenvalue weighted by atomic mass is 16.5. The third-order valence-corrected chi connectivity index (χ3v) is 0.761. The quantitative estimate of drug-likeness (QED) is 0.311. The first-order chi connectivity index (χ1) is 4.66. The van der Waals surface area contributed by atoms with Gasteiger partial charge in [-0.1, -0.05) is 0 Å². The van der Waals surface area contributed by atoms with Crippen LogP contribution in [0.15, 0.2) is 4.99 Å². The molecule has 0 aromatic carbocycles.